The van der Waals surface area contributed by atoms with Crippen LogP contribution in [0.15, 0.2) is 40.3 Å². The fraction of sp³-hybridized carbons (Fsp3) is 0.167. The lowest BCUT2D eigenvalue weighted by Gasteiger charge is -2.14. The van der Waals surface area contributed by atoms with Gasteiger partial charge in [0.2, 0.25) is 0 Å². The Hall–Kier alpha value is -2.30. The van der Waals surface area contributed by atoms with Gasteiger partial charge in [0.1, 0.15) is 5.71 Å². The smallest absolute Gasteiger partial charge is 0.351 e. The molecular formula is C12H10N2O3. The van der Waals surface area contributed by atoms with E-state index in [-0.39, 0.29) is 11.5 Å². The Morgan fingerprint density at radius 2 is 1.88 bits per heavy atom. The van der Waals surface area contributed by atoms with Crippen molar-refractivity contribution in [3.63, 3.8) is 0 Å². The molecular weight excluding hydrogens is 220 g/mol. The van der Waals surface area contributed by atoms with Gasteiger partial charge in [-0.1, -0.05) is 30.3 Å². The van der Waals surface area contributed by atoms with Crippen LogP contribution in [0.5, 0.6) is 0 Å². The van der Waals surface area contributed by atoms with E-state index in [1.165, 1.54) is 6.92 Å². The molecule has 5 nitrogen and oxygen atoms in total. The molecule has 0 saturated heterocycles. The van der Waals surface area contributed by atoms with Crippen molar-refractivity contribution in [2.75, 3.05) is 0 Å². The van der Waals surface area contributed by atoms with Crippen LogP contribution in [0.2, 0.25) is 0 Å². The Morgan fingerprint density at radius 3 is 2.47 bits per heavy atom. The van der Waals surface area contributed by atoms with Crippen LogP contribution >= 0.6 is 0 Å². The summed E-state index contributed by atoms with van der Waals surface area (Å²) in [6, 6.07) is 8.82. The highest BCUT2D eigenvalue weighted by Gasteiger charge is 2.29. The van der Waals surface area contributed by atoms with E-state index >= 15 is 0 Å². The van der Waals surface area contributed by atoms with Crippen LogP contribution in [0, 0.1) is 5.92 Å². The zero-order chi connectivity index (χ0) is 12.4. The molecule has 1 aliphatic rings. The maximum atomic E-state index is 11.6. The largest absolute Gasteiger partial charge is 0.477 e. The van der Waals surface area contributed by atoms with Gasteiger partial charge in [-0.25, -0.2) is 9.79 Å². The van der Waals surface area contributed by atoms with Crippen LogP contribution in [-0.4, -0.2) is 28.5 Å². The summed E-state index contributed by atoms with van der Waals surface area (Å²) in [7, 11) is 0. The van der Waals surface area contributed by atoms with Crippen LogP contribution in [0.4, 0.5) is 0 Å². The van der Waals surface area contributed by atoms with Gasteiger partial charge in [0, 0.05) is 5.56 Å². The molecule has 0 bridgehead atoms. The Labute approximate surface area is 97.5 Å². The first-order valence-electron chi connectivity index (χ1n) is 5.09. The van der Waals surface area contributed by atoms with Crippen molar-refractivity contribution in [3.8, 4) is 0 Å². The van der Waals surface area contributed by atoms with E-state index < -0.39 is 17.8 Å². The predicted octanol–water partition coefficient (Wildman–Crippen LogP) is 1.14. The molecule has 1 unspecified atom stereocenters. The van der Waals surface area contributed by atoms with Crippen LogP contribution in [0.25, 0.3) is 0 Å². The fourth-order valence-electron chi connectivity index (χ4n) is 1.50. The third-order valence-electron chi connectivity index (χ3n) is 2.47. The van der Waals surface area contributed by atoms with Gasteiger partial charge in [-0.2, -0.15) is 4.99 Å². The van der Waals surface area contributed by atoms with Crippen LogP contribution < -0.4 is 0 Å². The van der Waals surface area contributed by atoms with Crippen molar-refractivity contribution in [1.29, 1.82) is 0 Å². The van der Waals surface area contributed by atoms with Crippen molar-refractivity contribution in [2.45, 2.75) is 6.92 Å². The Balaban J connectivity index is 2.46. The molecule has 0 saturated carbocycles. The van der Waals surface area contributed by atoms with Crippen molar-refractivity contribution < 1.29 is 14.7 Å². The van der Waals surface area contributed by atoms with Gasteiger partial charge >= 0.3 is 5.97 Å². The average Bonchev–Trinajstić information content (AvgIpc) is 2.33. The molecule has 17 heavy (non-hydrogen) atoms. The van der Waals surface area contributed by atoms with Crippen molar-refractivity contribution in [2.24, 2.45) is 15.9 Å². The Kier molecular flexibility index (Phi) is 2.82. The molecule has 1 N–H and O–H groups in total. The van der Waals surface area contributed by atoms with E-state index in [9.17, 15) is 9.59 Å². The second-order valence-electron chi connectivity index (χ2n) is 3.66. The van der Waals surface area contributed by atoms with E-state index in [1.54, 1.807) is 24.3 Å². The number of carbonyl (C=O) groups excluding carboxylic acids is 1. The highest BCUT2D eigenvalue weighted by molar-refractivity contribution is 6.44. The minimum absolute atomic E-state index is 0.158. The number of amides is 1. The molecule has 0 spiro atoms. The Bertz CT molecular complexity index is 532. The van der Waals surface area contributed by atoms with Crippen LogP contribution in [-0.2, 0) is 9.59 Å². The second kappa shape index (κ2) is 4.29. The molecule has 1 aromatic carbocycles. The number of hydrogen-bond acceptors (Lipinski definition) is 3. The molecule has 1 atom stereocenters. The number of nitrogens with zero attached hydrogens (tertiary/aromatic N) is 2. The number of hydrogen-bond donors (Lipinski definition) is 1. The molecule has 0 aliphatic carbocycles. The zero-order valence-corrected chi connectivity index (χ0v) is 9.12. The topological polar surface area (TPSA) is 79.1 Å². The number of carbonyl (C=O) groups is 2. The molecule has 1 aromatic rings. The first kappa shape index (κ1) is 11.2. The highest BCUT2D eigenvalue weighted by Crippen LogP contribution is 2.13. The van der Waals surface area contributed by atoms with Crippen molar-refractivity contribution in [1.82, 2.24) is 0 Å². The number of amidine groups is 1. The summed E-state index contributed by atoms with van der Waals surface area (Å²) in [5, 5.41) is 8.95. The van der Waals surface area contributed by atoms with Gasteiger partial charge in [0.15, 0.2) is 5.84 Å². The minimum atomic E-state index is -1.19. The summed E-state index contributed by atoms with van der Waals surface area (Å²) < 4.78 is 0. The fourth-order valence-corrected chi connectivity index (χ4v) is 1.50. The molecule has 1 amide bonds. The average molecular weight is 230 g/mol. The standard InChI is InChI=1S/C12H10N2O3/c1-7-9(12(16)17)13-10(14-11(7)15)8-5-3-2-4-6-8/h2-7H,1H3,(H,16,17). The third-order valence-corrected chi connectivity index (χ3v) is 2.47. The van der Waals surface area contributed by atoms with E-state index in [1.807, 2.05) is 6.07 Å². The maximum Gasteiger partial charge on any atom is 0.351 e. The highest BCUT2D eigenvalue weighted by atomic mass is 16.4. The zero-order valence-electron chi connectivity index (χ0n) is 9.12. The molecule has 1 heterocycles. The van der Waals surface area contributed by atoms with E-state index in [0.717, 1.165) is 0 Å². The van der Waals surface area contributed by atoms with Gasteiger partial charge in [-0.05, 0) is 6.92 Å². The van der Waals surface area contributed by atoms with Gasteiger partial charge < -0.3 is 5.11 Å². The maximum absolute atomic E-state index is 11.6. The molecule has 0 aromatic heterocycles. The van der Waals surface area contributed by atoms with Crippen LogP contribution in [0.1, 0.15) is 12.5 Å². The summed E-state index contributed by atoms with van der Waals surface area (Å²) in [6.45, 7) is 1.49. The number of aliphatic imine (C=N–C) groups is 2. The Morgan fingerprint density at radius 1 is 1.24 bits per heavy atom. The molecule has 0 radical (unpaired) electrons. The first-order chi connectivity index (χ1) is 8.09. The van der Waals surface area contributed by atoms with Crippen LogP contribution in [0.3, 0.4) is 0 Å². The number of benzene rings is 1. The molecule has 0 fully saturated rings. The quantitative estimate of drug-likeness (QED) is 0.827. The number of rotatable bonds is 2. The SMILES string of the molecule is CC1C(=O)N=C(c2ccccc2)N=C1C(=O)O. The number of carboxylic acids is 1. The minimum Gasteiger partial charge on any atom is -0.477 e. The van der Waals surface area contributed by atoms with Gasteiger partial charge in [-0.15, -0.1) is 0 Å². The second-order valence-corrected chi connectivity index (χ2v) is 3.66. The van der Waals surface area contributed by atoms with E-state index in [4.69, 9.17) is 5.11 Å². The number of carboxylic acid groups (broad SMARTS) is 1. The first-order valence-corrected chi connectivity index (χ1v) is 5.09. The molecule has 1 aliphatic heterocycles. The normalized spacial score (nSPS) is 19.6. The lowest BCUT2D eigenvalue weighted by atomic mass is 10.0. The summed E-state index contributed by atoms with van der Waals surface area (Å²) in [6.07, 6.45) is 0. The molecule has 2 rings (SSSR count). The summed E-state index contributed by atoms with van der Waals surface area (Å²) in [5.74, 6) is -2.29. The van der Waals surface area contributed by atoms with Gasteiger partial charge in [0.25, 0.3) is 5.91 Å². The lowest BCUT2D eigenvalue weighted by molar-refractivity contribution is -0.130. The van der Waals surface area contributed by atoms with Crippen molar-refractivity contribution in [3.05, 3.63) is 35.9 Å². The van der Waals surface area contributed by atoms with E-state index in [2.05, 4.69) is 9.98 Å². The lowest BCUT2D eigenvalue weighted by Crippen LogP contribution is -2.32. The van der Waals surface area contributed by atoms with Gasteiger partial charge in [0.05, 0.1) is 5.92 Å². The monoisotopic (exact) mass is 230 g/mol. The van der Waals surface area contributed by atoms with E-state index in [0.29, 0.717) is 5.56 Å². The summed E-state index contributed by atoms with van der Waals surface area (Å²) >= 11 is 0. The summed E-state index contributed by atoms with van der Waals surface area (Å²) in [5.41, 5.74) is 0.468. The molecule has 86 valence electrons. The predicted molar refractivity (Wildman–Crippen MR) is 62.2 cm³/mol. The number of aliphatic carboxylic acids is 1. The summed E-state index contributed by atoms with van der Waals surface area (Å²) in [4.78, 5) is 30.2. The molecule has 5 heteroatoms. The van der Waals surface area contributed by atoms with Gasteiger partial charge in [-0.3, -0.25) is 4.79 Å². The third kappa shape index (κ3) is 2.13. The van der Waals surface area contributed by atoms with Crippen molar-refractivity contribution >= 4 is 23.4 Å².